The van der Waals surface area contributed by atoms with Gasteiger partial charge in [0, 0.05) is 11.6 Å². The van der Waals surface area contributed by atoms with Crippen molar-refractivity contribution in [2.24, 2.45) is 4.99 Å². The van der Waals surface area contributed by atoms with Crippen LogP contribution in [0.15, 0.2) is 120 Å². The van der Waals surface area contributed by atoms with Gasteiger partial charge in [0.05, 0.1) is 26.5 Å². The molecule has 8 rings (SSSR count). The maximum atomic E-state index is 13.9. The zero-order valence-electron chi connectivity index (χ0n) is 21.1. The Balaban J connectivity index is 1.22. The lowest BCUT2D eigenvalue weighted by Crippen LogP contribution is -2.38. The van der Waals surface area contributed by atoms with Crippen molar-refractivity contribution in [3.05, 3.63) is 139 Å². The summed E-state index contributed by atoms with van der Waals surface area (Å²) in [4.78, 5) is 24.4. The number of para-hydroxylation sites is 1. The monoisotopic (exact) mass is 575 g/mol. The van der Waals surface area contributed by atoms with Crippen molar-refractivity contribution in [3.63, 3.8) is 0 Å². The molecule has 0 unspecified atom stereocenters. The number of rotatable bonds is 4. The lowest BCUT2D eigenvalue weighted by molar-refractivity contribution is 0.466. The highest BCUT2D eigenvalue weighted by molar-refractivity contribution is 8.01. The zero-order chi connectivity index (χ0) is 26.6. The van der Waals surface area contributed by atoms with Crippen LogP contribution in [0.3, 0.4) is 0 Å². The average molecular weight is 576 g/mol. The number of allylic oxidation sites excluding steroid dienone is 1. The van der Waals surface area contributed by atoms with Gasteiger partial charge in [0.15, 0.2) is 14.2 Å². The molecule has 6 aromatic rings. The van der Waals surface area contributed by atoms with Crippen LogP contribution in [0.5, 0.6) is 0 Å². The molecule has 0 amide bonds. The summed E-state index contributed by atoms with van der Waals surface area (Å²) in [6, 6.07) is 30.6. The Morgan fingerprint density at radius 1 is 0.900 bits per heavy atom. The van der Waals surface area contributed by atoms with E-state index in [0.717, 1.165) is 48.6 Å². The van der Waals surface area contributed by atoms with Crippen molar-refractivity contribution in [3.8, 4) is 0 Å². The molecule has 0 N–H and O–H groups in total. The van der Waals surface area contributed by atoms with E-state index in [1.54, 1.807) is 11.3 Å². The summed E-state index contributed by atoms with van der Waals surface area (Å²) in [5.74, 6) is 0.638. The quantitative estimate of drug-likeness (QED) is 0.236. The number of benzene rings is 3. The van der Waals surface area contributed by atoms with Crippen LogP contribution < -0.4 is 14.9 Å². The number of hydrogen-bond donors (Lipinski definition) is 0. The van der Waals surface area contributed by atoms with Crippen LogP contribution in [-0.4, -0.2) is 9.55 Å². The van der Waals surface area contributed by atoms with Crippen LogP contribution in [0.2, 0.25) is 0 Å². The number of hydrogen-bond acceptors (Lipinski definition) is 7. The SMILES string of the molecule is O=c1c(=Cc2ccc(Sc3nc4ccccc4s3)o2)sc2n1[C@H](c1ccccc1)C1=C(N=2)c2ccccc2CC1. The van der Waals surface area contributed by atoms with Gasteiger partial charge in [0.2, 0.25) is 0 Å². The Kier molecular flexibility index (Phi) is 5.72. The maximum Gasteiger partial charge on any atom is 0.271 e. The van der Waals surface area contributed by atoms with E-state index in [0.29, 0.717) is 10.3 Å². The van der Waals surface area contributed by atoms with Gasteiger partial charge in [-0.05, 0) is 65.6 Å². The van der Waals surface area contributed by atoms with Gasteiger partial charge in [-0.2, -0.15) is 0 Å². The third-order valence-electron chi connectivity index (χ3n) is 7.33. The predicted octanol–water partition coefficient (Wildman–Crippen LogP) is 6.67. The first-order valence-corrected chi connectivity index (χ1v) is 15.5. The molecule has 1 atom stereocenters. The molecular formula is C32H21N3O2S3. The molecule has 2 aliphatic rings. The number of furan rings is 1. The van der Waals surface area contributed by atoms with Gasteiger partial charge in [-0.3, -0.25) is 9.36 Å². The zero-order valence-corrected chi connectivity index (χ0v) is 23.6. The molecule has 194 valence electrons. The lowest BCUT2D eigenvalue weighted by Gasteiger charge is -2.30. The van der Waals surface area contributed by atoms with Crippen molar-refractivity contribution in [1.82, 2.24) is 9.55 Å². The van der Waals surface area contributed by atoms with E-state index in [9.17, 15) is 4.79 Å². The first-order valence-electron chi connectivity index (χ1n) is 13.0. The molecule has 0 spiro atoms. The predicted molar refractivity (Wildman–Crippen MR) is 162 cm³/mol. The van der Waals surface area contributed by atoms with E-state index in [-0.39, 0.29) is 11.6 Å². The van der Waals surface area contributed by atoms with Gasteiger partial charge in [-0.1, -0.05) is 78.1 Å². The van der Waals surface area contributed by atoms with Crippen molar-refractivity contribution in [2.45, 2.75) is 28.3 Å². The third kappa shape index (κ3) is 4.02. The molecular weight excluding hydrogens is 555 g/mol. The van der Waals surface area contributed by atoms with E-state index in [1.807, 2.05) is 59.2 Å². The van der Waals surface area contributed by atoms with Crippen LogP contribution in [0.25, 0.3) is 22.0 Å². The van der Waals surface area contributed by atoms with Crippen molar-refractivity contribution < 1.29 is 4.42 Å². The fourth-order valence-electron chi connectivity index (χ4n) is 5.53. The average Bonchev–Trinajstić information content (AvgIpc) is 3.69. The highest BCUT2D eigenvalue weighted by Gasteiger charge is 2.32. The van der Waals surface area contributed by atoms with Gasteiger partial charge in [0.25, 0.3) is 5.56 Å². The second kappa shape index (κ2) is 9.59. The summed E-state index contributed by atoms with van der Waals surface area (Å²) < 4.78 is 10.7. The molecule has 0 saturated carbocycles. The molecule has 8 heteroatoms. The number of fused-ring (bicyclic) bond motifs is 4. The summed E-state index contributed by atoms with van der Waals surface area (Å²) in [7, 11) is 0. The second-order valence-corrected chi connectivity index (χ2v) is 13.0. The third-order valence-corrected chi connectivity index (χ3v) is 10.3. The van der Waals surface area contributed by atoms with E-state index < -0.39 is 0 Å². The Morgan fingerprint density at radius 2 is 1.73 bits per heavy atom. The summed E-state index contributed by atoms with van der Waals surface area (Å²) >= 11 is 4.56. The van der Waals surface area contributed by atoms with E-state index in [2.05, 4.69) is 42.5 Å². The molecule has 0 bridgehead atoms. The minimum absolute atomic E-state index is 0.0419. The smallest absolute Gasteiger partial charge is 0.271 e. The highest BCUT2D eigenvalue weighted by Crippen LogP contribution is 2.41. The minimum Gasteiger partial charge on any atom is -0.450 e. The summed E-state index contributed by atoms with van der Waals surface area (Å²) in [5, 5.41) is 0.743. The number of aromatic nitrogens is 2. The van der Waals surface area contributed by atoms with Gasteiger partial charge in [0.1, 0.15) is 5.76 Å². The first kappa shape index (κ1) is 23.9. The molecule has 5 nitrogen and oxygen atoms in total. The summed E-state index contributed by atoms with van der Waals surface area (Å²) in [6.07, 6.45) is 3.66. The standard InChI is InChI=1S/C32H21N3O2S3/c36-30-26(18-21-15-17-27(37-21)40-32-33-24-12-6-7-13-25(24)39-32)38-31-34-28-22-11-5-4-8-19(22)14-16-23(28)29(35(30)31)20-9-2-1-3-10-20/h1-13,15,17-18,29H,14,16H2/t29-/m1/s1. The van der Waals surface area contributed by atoms with Crippen molar-refractivity contribution in [2.75, 3.05) is 0 Å². The van der Waals surface area contributed by atoms with Crippen LogP contribution in [0.1, 0.15) is 34.9 Å². The number of aryl methyl sites for hydroxylation is 1. The van der Waals surface area contributed by atoms with Crippen LogP contribution in [0, 0.1) is 0 Å². The Labute approximate surface area is 241 Å². The molecule has 1 aliphatic heterocycles. The van der Waals surface area contributed by atoms with Gasteiger partial charge >= 0.3 is 0 Å². The van der Waals surface area contributed by atoms with E-state index in [4.69, 9.17) is 14.4 Å². The van der Waals surface area contributed by atoms with Crippen LogP contribution in [-0.2, 0) is 6.42 Å². The van der Waals surface area contributed by atoms with Gasteiger partial charge in [-0.25, -0.2) is 9.98 Å². The Morgan fingerprint density at radius 3 is 2.62 bits per heavy atom. The van der Waals surface area contributed by atoms with Crippen LogP contribution >= 0.6 is 34.4 Å². The maximum absolute atomic E-state index is 13.9. The molecule has 4 heterocycles. The van der Waals surface area contributed by atoms with Gasteiger partial charge in [-0.15, -0.1) is 11.3 Å². The fraction of sp³-hybridized carbons (Fsp3) is 0.0938. The number of nitrogens with zero attached hydrogens (tertiary/aromatic N) is 3. The lowest BCUT2D eigenvalue weighted by atomic mass is 9.83. The molecule has 40 heavy (non-hydrogen) atoms. The normalized spacial score (nSPS) is 16.5. The molecule has 1 aliphatic carbocycles. The Bertz CT molecular complexity index is 2100. The fourth-order valence-corrected chi connectivity index (χ4v) is 8.48. The van der Waals surface area contributed by atoms with Gasteiger partial charge < -0.3 is 4.42 Å². The molecule has 3 aromatic carbocycles. The molecule has 0 saturated heterocycles. The Hall–Kier alpha value is -3.98. The van der Waals surface area contributed by atoms with Crippen LogP contribution in [0.4, 0.5) is 0 Å². The van der Waals surface area contributed by atoms with E-state index >= 15 is 0 Å². The first-order chi connectivity index (χ1) is 19.7. The largest absolute Gasteiger partial charge is 0.450 e. The molecule has 3 aromatic heterocycles. The highest BCUT2D eigenvalue weighted by atomic mass is 32.2. The number of thiazole rings is 2. The molecule has 0 radical (unpaired) electrons. The summed E-state index contributed by atoms with van der Waals surface area (Å²) in [5.41, 5.74) is 6.74. The van der Waals surface area contributed by atoms with Crippen molar-refractivity contribution in [1.29, 1.82) is 0 Å². The van der Waals surface area contributed by atoms with E-state index in [1.165, 1.54) is 39.8 Å². The second-order valence-electron chi connectivity index (χ2n) is 9.73. The molecule has 0 fully saturated rings. The summed E-state index contributed by atoms with van der Waals surface area (Å²) in [6.45, 7) is 0. The topological polar surface area (TPSA) is 60.4 Å². The van der Waals surface area contributed by atoms with Crippen molar-refractivity contribution >= 4 is 56.4 Å². The minimum atomic E-state index is -0.176.